The number of unbranched alkanes of at least 4 members (excludes halogenated alkanes) is 5. The summed E-state index contributed by atoms with van der Waals surface area (Å²) in [5.41, 5.74) is 0.342. The van der Waals surface area contributed by atoms with E-state index < -0.39 is 0 Å². The van der Waals surface area contributed by atoms with Crippen molar-refractivity contribution in [3.63, 3.8) is 0 Å². The first-order valence-corrected chi connectivity index (χ1v) is 11.7. The summed E-state index contributed by atoms with van der Waals surface area (Å²) in [5, 5.41) is 7.78. The highest BCUT2D eigenvalue weighted by molar-refractivity contribution is 5.08. The minimum Gasteiger partial charge on any atom is -0.315 e. The highest BCUT2D eigenvalue weighted by atomic mass is 15.1. The van der Waals surface area contributed by atoms with Gasteiger partial charge in [0.1, 0.15) is 0 Å². The Morgan fingerprint density at radius 2 is 1.28 bits per heavy atom. The SMILES string of the molecule is CCCCCCCCC(NC)C(NC)(C1CCCCC1)C1CCCC1. The third-order valence-corrected chi connectivity index (χ3v) is 7.52. The Hall–Kier alpha value is -0.0800. The zero-order chi connectivity index (χ0) is 18.0. The molecule has 2 rings (SSSR count). The van der Waals surface area contributed by atoms with Crippen LogP contribution in [-0.2, 0) is 0 Å². The average Bonchev–Trinajstić information content (AvgIpc) is 3.19. The van der Waals surface area contributed by atoms with Crippen LogP contribution in [0.15, 0.2) is 0 Å². The highest BCUT2D eigenvalue weighted by Crippen LogP contribution is 2.46. The van der Waals surface area contributed by atoms with E-state index in [4.69, 9.17) is 0 Å². The molecule has 25 heavy (non-hydrogen) atoms. The minimum atomic E-state index is 0.342. The summed E-state index contributed by atoms with van der Waals surface area (Å²) < 4.78 is 0. The predicted octanol–water partition coefficient (Wildman–Crippen LogP) is 6.05. The van der Waals surface area contributed by atoms with E-state index in [0.29, 0.717) is 11.6 Å². The second-order valence-electron chi connectivity index (χ2n) is 8.90. The molecule has 2 atom stereocenters. The molecule has 2 aliphatic carbocycles. The standard InChI is InChI=1S/C23H46N2/c1-4-5-6-7-8-12-19-22(24-2)23(25-3,21-17-13-14-18-21)20-15-10-9-11-16-20/h20-22,24-25H,4-19H2,1-3H3. The Labute approximate surface area is 158 Å². The van der Waals surface area contributed by atoms with Crippen molar-refractivity contribution in [3.8, 4) is 0 Å². The molecule has 0 aromatic heterocycles. The fourth-order valence-corrected chi connectivity index (χ4v) is 6.22. The summed E-state index contributed by atoms with van der Waals surface area (Å²) in [6, 6.07) is 0.648. The normalized spacial score (nSPS) is 23.6. The average molecular weight is 351 g/mol. The molecule has 2 unspecified atom stereocenters. The minimum absolute atomic E-state index is 0.342. The molecule has 0 bridgehead atoms. The van der Waals surface area contributed by atoms with Gasteiger partial charge in [0.15, 0.2) is 0 Å². The summed E-state index contributed by atoms with van der Waals surface area (Å²) in [6.07, 6.45) is 22.9. The second-order valence-corrected chi connectivity index (χ2v) is 8.90. The predicted molar refractivity (Wildman–Crippen MR) is 111 cm³/mol. The van der Waals surface area contributed by atoms with Gasteiger partial charge in [-0.1, -0.05) is 77.6 Å². The van der Waals surface area contributed by atoms with Crippen LogP contribution in [0, 0.1) is 11.8 Å². The third-order valence-electron chi connectivity index (χ3n) is 7.52. The summed E-state index contributed by atoms with van der Waals surface area (Å²) in [7, 11) is 4.50. The first-order valence-electron chi connectivity index (χ1n) is 11.7. The summed E-state index contributed by atoms with van der Waals surface area (Å²) in [6.45, 7) is 2.31. The number of rotatable bonds is 12. The molecular formula is C23H46N2. The van der Waals surface area contributed by atoms with E-state index in [1.807, 2.05) is 0 Å². The second kappa shape index (κ2) is 11.6. The molecule has 2 nitrogen and oxygen atoms in total. The Balaban J connectivity index is 2.02. The fraction of sp³-hybridized carbons (Fsp3) is 1.00. The van der Waals surface area contributed by atoms with Crippen molar-refractivity contribution in [1.82, 2.24) is 10.6 Å². The maximum atomic E-state index is 3.98. The molecule has 0 saturated heterocycles. The Bertz CT molecular complexity index is 331. The van der Waals surface area contributed by atoms with Crippen LogP contribution >= 0.6 is 0 Å². The van der Waals surface area contributed by atoms with E-state index in [1.54, 1.807) is 0 Å². The molecular weight excluding hydrogens is 304 g/mol. The lowest BCUT2D eigenvalue weighted by atomic mass is 9.63. The molecule has 0 aromatic carbocycles. The van der Waals surface area contributed by atoms with E-state index in [2.05, 4.69) is 31.7 Å². The molecule has 0 spiro atoms. The van der Waals surface area contributed by atoms with Gasteiger partial charge in [-0.15, -0.1) is 0 Å². The van der Waals surface area contributed by atoms with Gasteiger partial charge in [-0.3, -0.25) is 0 Å². The molecule has 2 aliphatic rings. The van der Waals surface area contributed by atoms with Crippen molar-refractivity contribution in [3.05, 3.63) is 0 Å². The van der Waals surface area contributed by atoms with Gasteiger partial charge >= 0.3 is 0 Å². The Morgan fingerprint density at radius 1 is 0.760 bits per heavy atom. The molecule has 0 radical (unpaired) electrons. The molecule has 2 fully saturated rings. The third kappa shape index (κ3) is 5.45. The van der Waals surface area contributed by atoms with Gasteiger partial charge in [0.05, 0.1) is 0 Å². The van der Waals surface area contributed by atoms with E-state index in [1.165, 1.54) is 103 Å². The van der Waals surface area contributed by atoms with E-state index in [-0.39, 0.29) is 0 Å². The fourth-order valence-electron chi connectivity index (χ4n) is 6.22. The van der Waals surface area contributed by atoms with Crippen LogP contribution in [0.2, 0.25) is 0 Å². The van der Waals surface area contributed by atoms with Crippen LogP contribution in [0.3, 0.4) is 0 Å². The quantitative estimate of drug-likeness (QED) is 0.418. The van der Waals surface area contributed by atoms with Gasteiger partial charge in [-0.2, -0.15) is 0 Å². The van der Waals surface area contributed by atoms with E-state index >= 15 is 0 Å². The van der Waals surface area contributed by atoms with Crippen LogP contribution < -0.4 is 10.6 Å². The molecule has 2 heteroatoms. The number of hydrogen-bond acceptors (Lipinski definition) is 2. The van der Waals surface area contributed by atoms with Crippen LogP contribution in [0.1, 0.15) is 110 Å². The molecule has 2 saturated carbocycles. The topological polar surface area (TPSA) is 24.1 Å². The van der Waals surface area contributed by atoms with Gasteiger partial charge in [0.2, 0.25) is 0 Å². The molecule has 0 heterocycles. The zero-order valence-electron chi connectivity index (χ0n) is 17.5. The van der Waals surface area contributed by atoms with Crippen molar-refractivity contribution in [2.75, 3.05) is 14.1 Å². The molecule has 148 valence electrons. The maximum absolute atomic E-state index is 3.98. The smallest absolute Gasteiger partial charge is 0.0389 e. The van der Waals surface area contributed by atoms with Crippen molar-refractivity contribution in [1.29, 1.82) is 0 Å². The molecule has 0 aromatic rings. The first-order chi connectivity index (χ1) is 12.3. The molecule has 0 amide bonds. The highest BCUT2D eigenvalue weighted by Gasteiger charge is 2.49. The maximum Gasteiger partial charge on any atom is 0.0389 e. The van der Waals surface area contributed by atoms with Gasteiger partial charge in [0.25, 0.3) is 0 Å². The van der Waals surface area contributed by atoms with Gasteiger partial charge in [-0.05, 0) is 58.0 Å². The van der Waals surface area contributed by atoms with Crippen LogP contribution in [-0.4, -0.2) is 25.7 Å². The zero-order valence-corrected chi connectivity index (χ0v) is 17.5. The van der Waals surface area contributed by atoms with Crippen molar-refractivity contribution in [2.24, 2.45) is 11.8 Å². The largest absolute Gasteiger partial charge is 0.315 e. The first kappa shape index (κ1) is 21.2. The summed E-state index contributed by atoms with van der Waals surface area (Å²) in [5.74, 6) is 1.77. The van der Waals surface area contributed by atoms with Crippen molar-refractivity contribution in [2.45, 2.75) is 121 Å². The van der Waals surface area contributed by atoms with E-state index in [0.717, 1.165) is 11.8 Å². The lowest BCUT2D eigenvalue weighted by Gasteiger charge is -2.52. The Kier molecular flexibility index (Phi) is 9.84. The van der Waals surface area contributed by atoms with Gasteiger partial charge in [-0.25, -0.2) is 0 Å². The van der Waals surface area contributed by atoms with Crippen LogP contribution in [0.4, 0.5) is 0 Å². The number of hydrogen-bond donors (Lipinski definition) is 2. The molecule has 2 N–H and O–H groups in total. The monoisotopic (exact) mass is 350 g/mol. The molecule has 0 aliphatic heterocycles. The lowest BCUT2D eigenvalue weighted by Crippen LogP contribution is -2.66. The van der Waals surface area contributed by atoms with Gasteiger partial charge in [0, 0.05) is 11.6 Å². The van der Waals surface area contributed by atoms with Crippen molar-refractivity contribution < 1.29 is 0 Å². The van der Waals surface area contributed by atoms with E-state index in [9.17, 15) is 0 Å². The lowest BCUT2D eigenvalue weighted by molar-refractivity contribution is 0.0584. The van der Waals surface area contributed by atoms with Crippen molar-refractivity contribution >= 4 is 0 Å². The Morgan fingerprint density at radius 3 is 1.80 bits per heavy atom. The van der Waals surface area contributed by atoms with Crippen LogP contribution in [0.25, 0.3) is 0 Å². The van der Waals surface area contributed by atoms with Gasteiger partial charge < -0.3 is 10.6 Å². The van der Waals surface area contributed by atoms with Crippen LogP contribution in [0.5, 0.6) is 0 Å². The summed E-state index contributed by atoms with van der Waals surface area (Å²) >= 11 is 0. The number of likely N-dealkylation sites (N-methyl/N-ethyl adjacent to an activating group) is 2. The number of nitrogens with one attached hydrogen (secondary N) is 2. The summed E-state index contributed by atoms with van der Waals surface area (Å²) in [4.78, 5) is 0.